The largest absolute Gasteiger partial charge is 0.305 e. The summed E-state index contributed by atoms with van der Waals surface area (Å²) < 4.78 is 0.711. The van der Waals surface area contributed by atoms with Crippen LogP contribution in [0, 0.1) is 0 Å². The van der Waals surface area contributed by atoms with Crippen LogP contribution >= 0.6 is 27.5 Å². The van der Waals surface area contributed by atoms with Gasteiger partial charge in [0.1, 0.15) is 0 Å². The Balaban J connectivity index is 2.19. The van der Waals surface area contributed by atoms with Gasteiger partial charge in [0.05, 0.1) is 5.02 Å². The van der Waals surface area contributed by atoms with Gasteiger partial charge < -0.3 is 5.32 Å². The van der Waals surface area contributed by atoms with Gasteiger partial charge in [0.25, 0.3) is 11.5 Å². The third-order valence-corrected chi connectivity index (χ3v) is 3.34. The van der Waals surface area contributed by atoms with Gasteiger partial charge in [0, 0.05) is 16.1 Å². The Bertz CT molecular complexity index is 636. The van der Waals surface area contributed by atoms with Gasteiger partial charge in [-0.25, -0.2) is 5.10 Å². The van der Waals surface area contributed by atoms with Crippen LogP contribution in [-0.4, -0.2) is 16.1 Å². The van der Waals surface area contributed by atoms with Crippen LogP contribution in [-0.2, 0) is 0 Å². The van der Waals surface area contributed by atoms with Crippen molar-refractivity contribution in [2.75, 3.05) is 5.32 Å². The maximum Gasteiger partial charge on any atom is 0.264 e. The van der Waals surface area contributed by atoms with Crippen molar-refractivity contribution in [3.8, 4) is 0 Å². The zero-order chi connectivity index (χ0) is 13.1. The molecular weight excluding hydrogens is 321 g/mol. The van der Waals surface area contributed by atoms with Crippen LogP contribution in [0.4, 0.5) is 5.82 Å². The summed E-state index contributed by atoms with van der Waals surface area (Å²) in [5.74, 6) is -0.0948. The average molecular weight is 329 g/mol. The van der Waals surface area contributed by atoms with Crippen LogP contribution in [0.3, 0.4) is 0 Å². The molecule has 2 rings (SSSR count). The summed E-state index contributed by atoms with van der Waals surface area (Å²) in [6.07, 6.45) is 0. The second-order valence-corrected chi connectivity index (χ2v) is 4.65. The van der Waals surface area contributed by atoms with Crippen LogP contribution in [0.15, 0.2) is 39.6 Å². The summed E-state index contributed by atoms with van der Waals surface area (Å²) in [6.45, 7) is 0. The molecule has 1 aromatic heterocycles. The molecule has 18 heavy (non-hydrogen) atoms. The Morgan fingerprint density at radius 3 is 2.72 bits per heavy atom. The number of anilines is 1. The highest BCUT2D eigenvalue weighted by Crippen LogP contribution is 2.23. The lowest BCUT2D eigenvalue weighted by Gasteiger charge is -2.04. The number of aromatic nitrogens is 2. The zero-order valence-electron chi connectivity index (χ0n) is 8.91. The predicted molar refractivity (Wildman–Crippen MR) is 72.0 cm³/mol. The van der Waals surface area contributed by atoms with Crippen molar-refractivity contribution in [3.63, 3.8) is 0 Å². The van der Waals surface area contributed by atoms with Crippen molar-refractivity contribution >= 4 is 39.3 Å². The molecule has 0 aliphatic heterocycles. The molecule has 0 saturated carbocycles. The van der Waals surface area contributed by atoms with E-state index in [-0.39, 0.29) is 17.3 Å². The summed E-state index contributed by atoms with van der Waals surface area (Å²) in [7, 11) is 0. The van der Waals surface area contributed by atoms with Crippen LogP contribution in [0.25, 0.3) is 0 Å². The van der Waals surface area contributed by atoms with Gasteiger partial charge in [-0.2, -0.15) is 5.10 Å². The molecule has 0 unspecified atom stereocenters. The summed E-state index contributed by atoms with van der Waals surface area (Å²) in [6, 6.07) is 7.52. The molecule has 1 amide bonds. The molecule has 0 bridgehead atoms. The van der Waals surface area contributed by atoms with Crippen molar-refractivity contribution in [3.05, 3.63) is 55.7 Å². The smallest absolute Gasteiger partial charge is 0.264 e. The number of nitrogens with one attached hydrogen (secondary N) is 2. The minimum Gasteiger partial charge on any atom is -0.305 e. The highest BCUT2D eigenvalue weighted by atomic mass is 79.9. The number of aromatic amines is 1. The summed E-state index contributed by atoms with van der Waals surface area (Å²) in [4.78, 5) is 22.7. The van der Waals surface area contributed by atoms with E-state index in [1.807, 2.05) is 0 Å². The molecule has 0 spiro atoms. The van der Waals surface area contributed by atoms with Crippen LogP contribution in [0.1, 0.15) is 10.4 Å². The third kappa shape index (κ3) is 2.96. The van der Waals surface area contributed by atoms with E-state index >= 15 is 0 Å². The monoisotopic (exact) mass is 327 g/mol. The number of hydrogen-bond acceptors (Lipinski definition) is 3. The Kier molecular flexibility index (Phi) is 3.78. The minimum atomic E-state index is -0.357. The molecule has 1 aromatic carbocycles. The summed E-state index contributed by atoms with van der Waals surface area (Å²) in [5.41, 5.74) is 0.0656. The number of halogens is 2. The van der Waals surface area contributed by atoms with Crippen LogP contribution < -0.4 is 10.9 Å². The first-order valence-corrected chi connectivity index (χ1v) is 6.05. The molecule has 5 nitrogen and oxygen atoms in total. The van der Waals surface area contributed by atoms with E-state index in [2.05, 4.69) is 31.4 Å². The molecule has 0 fully saturated rings. The Morgan fingerprint density at radius 2 is 2.11 bits per heavy atom. The molecule has 0 saturated heterocycles. The fourth-order valence-corrected chi connectivity index (χ4v) is 1.67. The van der Waals surface area contributed by atoms with Crippen molar-refractivity contribution in [1.29, 1.82) is 0 Å². The first-order valence-electron chi connectivity index (χ1n) is 4.88. The summed E-state index contributed by atoms with van der Waals surface area (Å²) in [5, 5.41) is 8.88. The van der Waals surface area contributed by atoms with Crippen LogP contribution in [0.5, 0.6) is 0 Å². The van der Waals surface area contributed by atoms with Gasteiger partial charge in [0.15, 0.2) is 5.82 Å². The molecule has 7 heteroatoms. The Hall–Kier alpha value is -1.66. The van der Waals surface area contributed by atoms with E-state index in [9.17, 15) is 9.59 Å². The van der Waals surface area contributed by atoms with Gasteiger partial charge in [0.2, 0.25) is 0 Å². The lowest BCUT2D eigenvalue weighted by atomic mass is 10.2. The van der Waals surface area contributed by atoms with Gasteiger partial charge in [-0.15, -0.1) is 0 Å². The number of rotatable bonds is 2. The molecule has 0 atom stereocenters. The topological polar surface area (TPSA) is 74.8 Å². The highest BCUT2D eigenvalue weighted by molar-refractivity contribution is 9.10. The highest BCUT2D eigenvalue weighted by Gasteiger charge is 2.08. The molecule has 0 aliphatic rings. The molecule has 2 N–H and O–H groups in total. The summed E-state index contributed by atoms with van der Waals surface area (Å²) >= 11 is 9.13. The molecular formula is C11H7BrClN3O2. The normalized spacial score (nSPS) is 10.1. The van der Waals surface area contributed by atoms with Gasteiger partial charge in [-0.05, 0) is 40.2 Å². The minimum absolute atomic E-state index is 0.263. The van der Waals surface area contributed by atoms with Crippen molar-refractivity contribution in [2.24, 2.45) is 0 Å². The third-order valence-electron chi connectivity index (χ3n) is 2.10. The molecule has 1 heterocycles. The van der Waals surface area contributed by atoms with Crippen molar-refractivity contribution in [2.45, 2.75) is 0 Å². The maximum atomic E-state index is 11.8. The first-order chi connectivity index (χ1) is 8.56. The number of carbonyl (C=O) groups is 1. The average Bonchev–Trinajstić information content (AvgIpc) is 2.35. The zero-order valence-corrected chi connectivity index (χ0v) is 11.2. The molecule has 2 aromatic rings. The quantitative estimate of drug-likeness (QED) is 0.889. The molecule has 0 radical (unpaired) electrons. The lowest BCUT2D eigenvalue weighted by molar-refractivity contribution is 0.102. The fraction of sp³-hybridized carbons (Fsp3) is 0. The number of H-pyrrole nitrogens is 1. The van der Waals surface area contributed by atoms with E-state index in [1.165, 1.54) is 18.2 Å². The Morgan fingerprint density at radius 1 is 1.33 bits per heavy atom. The van der Waals surface area contributed by atoms with Crippen LogP contribution in [0.2, 0.25) is 5.02 Å². The number of nitrogens with zero attached hydrogens (tertiary/aromatic N) is 1. The molecule has 92 valence electrons. The van der Waals surface area contributed by atoms with E-state index in [1.54, 1.807) is 12.1 Å². The van der Waals surface area contributed by atoms with E-state index in [4.69, 9.17) is 11.6 Å². The number of hydrogen-bond donors (Lipinski definition) is 2. The van der Waals surface area contributed by atoms with E-state index < -0.39 is 0 Å². The first kappa shape index (κ1) is 12.8. The SMILES string of the molecule is O=C(Nc1ccc(=O)[nH]n1)c1ccc(Br)c(Cl)c1. The standard InChI is InChI=1S/C11H7BrClN3O2/c12-7-2-1-6(5-8(7)13)11(18)14-9-3-4-10(17)16-15-9/h1-5H,(H,16,17)(H,14,15,18). The number of carbonyl (C=O) groups excluding carboxylic acids is 1. The fourth-order valence-electron chi connectivity index (χ4n) is 1.24. The van der Waals surface area contributed by atoms with E-state index in [0.717, 1.165) is 0 Å². The van der Waals surface area contributed by atoms with Gasteiger partial charge in [-0.3, -0.25) is 9.59 Å². The molecule has 0 aliphatic carbocycles. The second kappa shape index (κ2) is 5.32. The number of benzene rings is 1. The van der Waals surface area contributed by atoms with Crippen molar-refractivity contribution < 1.29 is 4.79 Å². The van der Waals surface area contributed by atoms with Gasteiger partial charge in [-0.1, -0.05) is 11.6 Å². The Labute approximate surface area is 115 Å². The second-order valence-electron chi connectivity index (χ2n) is 3.39. The predicted octanol–water partition coefficient (Wildman–Crippen LogP) is 2.44. The maximum absolute atomic E-state index is 11.8. The number of amides is 1. The van der Waals surface area contributed by atoms with Gasteiger partial charge >= 0.3 is 0 Å². The lowest BCUT2D eigenvalue weighted by Crippen LogP contribution is -2.15. The van der Waals surface area contributed by atoms with Crippen molar-refractivity contribution in [1.82, 2.24) is 10.2 Å². The van der Waals surface area contributed by atoms with E-state index in [0.29, 0.717) is 15.1 Å².